The van der Waals surface area contributed by atoms with Gasteiger partial charge in [0.05, 0.1) is 13.2 Å². The molecule has 142 valence electrons. The summed E-state index contributed by atoms with van der Waals surface area (Å²) in [6.45, 7) is 8.75. The Bertz CT molecular complexity index is 512. The van der Waals surface area contributed by atoms with Gasteiger partial charge in [0.25, 0.3) is 0 Å². The SMILES string of the molecule is CN=C(NCCN1CCOCC1)NCC(C)Sc1ccc(Br)cc1.I. The number of hydrogen-bond acceptors (Lipinski definition) is 4. The topological polar surface area (TPSA) is 48.9 Å². The van der Waals surface area contributed by atoms with Gasteiger partial charge in [0.15, 0.2) is 5.96 Å². The van der Waals surface area contributed by atoms with Gasteiger partial charge in [0, 0.05) is 54.4 Å². The molecule has 5 nitrogen and oxygen atoms in total. The number of morpholine rings is 1. The molecular formula is C17H28BrIN4OS. The summed E-state index contributed by atoms with van der Waals surface area (Å²) >= 11 is 5.33. The normalized spacial score (nSPS) is 16.8. The quantitative estimate of drug-likeness (QED) is 0.240. The third-order valence-electron chi connectivity index (χ3n) is 3.76. The molecule has 1 aliphatic rings. The smallest absolute Gasteiger partial charge is 0.191 e. The van der Waals surface area contributed by atoms with E-state index in [0.29, 0.717) is 5.25 Å². The van der Waals surface area contributed by atoms with E-state index in [9.17, 15) is 0 Å². The van der Waals surface area contributed by atoms with Crippen molar-refractivity contribution in [3.8, 4) is 0 Å². The van der Waals surface area contributed by atoms with E-state index < -0.39 is 0 Å². The van der Waals surface area contributed by atoms with E-state index in [1.807, 2.05) is 18.8 Å². The molecule has 1 unspecified atom stereocenters. The van der Waals surface area contributed by atoms with E-state index in [4.69, 9.17) is 4.74 Å². The maximum absolute atomic E-state index is 5.37. The standard InChI is InChI=1S/C17H27BrN4OS.HI/c1-14(24-16-5-3-15(18)4-6-16)13-21-17(19-2)20-7-8-22-9-11-23-12-10-22;/h3-6,14H,7-13H2,1-2H3,(H2,19,20,21);1H. The van der Waals surface area contributed by atoms with Crippen molar-refractivity contribution < 1.29 is 4.74 Å². The highest BCUT2D eigenvalue weighted by atomic mass is 127. The van der Waals surface area contributed by atoms with Crippen LogP contribution < -0.4 is 10.6 Å². The second-order valence-electron chi connectivity index (χ2n) is 5.72. The van der Waals surface area contributed by atoms with Crippen molar-refractivity contribution in [2.24, 2.45) is 4.99 Å². The first-order chi connectivity index (χ1) is 11.7. The zero-order valence-electron chi connectivity index (χ0n) is 14.8. The molecule has 0 aromatic heterocycles. The first-order valence-corrected chi connectivity index (χ1v) is 10.0. The summed E-state index contributed by atoms with van der Waals surface area (Å²) in [5.41, 5.74) is 0. The molecule has 1 fully saturated rings. The van der Waals surface area contributed by atoms with Crippen LogP contribution in [-0.4, -0.2) is 69.1 Å². The Hall–Kier alpha value is -0.0300. The monoisotopic (exact) mass is 542 g/mol. The van der Waals surface area contributed by atoms with Crippen LogP contribution in [0.1, 0.15) is 6.92 Å². The van der Waals surface area contributed by atoms with E-state index >= 15 is 0 Å². The first kappa shape index (κ1) is 23.0. The van der Waals surface area contributed by atoms with Crippen molar-refractivity contribution in [2.75, 3.05) is 53.0 Å². The Morgan fingerprint density at radius 3 is 2.60 bits per heavy atom. The van der Waals surface area contributed by atoms with Crippen LogP contribution in [0.2, 0.25) is 0 Å². The molecule has 0 spiro atoms. The number of hydrogen-bond donors (Lipinski definition) is 2. The fraction of sp³-hybridized carbons (Fsp3) is 0.588. The molecule has 0 saturated carbocycles. The maximum atomic E-state index is 5.37. The van der Waals surface area contributed by atoms with E-state index in [1.165, 1.54) is 4.90 Å². The van der Waals surface area contributed by atoms with Crippen LogP contribution in [0.5, 0.6) is 0 Å². The minimum absolute atomic E-state index is 0. The number of benzene rings is 1. The van der Waals surface area contributed by atoms with Crippen LogP contribution in [0.25, 0.3) is 0 Å². The van der Waals surface area contributed by atoms with Crippen LogP contribution in [0, 0.1) is 0 Å². The van der Waals surface area contributed by atoms with E-state index in [2.05, 4.69) is 67.6 Å². The molecule has 0 radical (unpaired) electrons. The molecule has 1 aromatic carbocycles. The molecule has 1 atom stereocenters. The number of aliphatic imine (C=N–C) groups is 1. The summed E-state index contributed by atoms with van der Waals surface area (Å²) in [4.78, 5) is 7.99. The molecule has 1 aliphatic heterocycles. The highest BCUT2D eigenvalue weighted by Gasteiger charge is 2.10. The van der Waals surface area contributed by atoms with Crippen molar-refractivity contribution in [3.63, 3.8) is 0 Å². The van der Waals surface area contributed by atoms with Gasteiger partial charge < -0.3 is 15.4 Å². The lowest BCUT2D eigenvalue weighted by Crippen LogP contribution is -2.45. The van der Waals surface area contributed by atoms with Gasteiger partial charge in [-0.1, -0.05) is 22.9 Å². The summed E-state index contributed by atoms with van der Waals surface area (Å²) in [6, 6.07) is 8.44. The lowest BCUT2D eigenvalue weighted by atomic mass is 10.4. The predicted molar refractivity (Wildman–Crippen MR) is 121 cm³/mol. The molecule has 2 N–H and O–H groups in total. The van der Waals surface area contributed by atoms with E-state index in [1.54, 1.807) is 0 Å². The lowest BCUT2D eigenvalue weighted by molar-refractivity contribution is 0.0389. The Morgan fingerprint density at radius 1 is 1.28 bits per heavy atom. The number of rotatable bonds is 7. The van der Waals surface area contributed by atoms with Crippen LogP contribution in [-0.2, 0) is 4.74 Å². The van der Waals surface area contributed by atoms with Crippen LogP contribution in [0.3, 0.4) is 0 Å². The molecule has 1 aromatic rings. The zero-order valence-corrected chi connectivity index (χ0v) is 19.6. The second kappa shape index (κ2) is 13.2. The number of nitrogens with one attached hydrogen (secondary N) is 2. The largest absolute Gasteiger partial charge is 0.379 e. The van der Waals surface area contributed by atoms with Gasteiger partial charge in [-0.05, 0) is 24.3 Å². The number of nitrogens with zero attached hydrogens (tertiary/aromatic N) is 2. The van der Waals surface area contributed by atoms with Crippen LogP contribution >= 0.6 is 51.7 Å². The summed E-state index contributed by atoms with van der Waals surface area (Å²) in [6.07, 6.45) is 0. The Balaban J connectivity index is 0.00000312. The Morgan fingerprint density at radius 2 is 1.96 bits per heavy atom. The third-order valence-corrected chi connectivity index (χ3v) is 5.40. The molecule has 25 heavy (non-hydrogen) atoms. The molecule has 2 rings (SSSR count). The average Bonchev–Trinajstić information content (AvgIpc) is 2.61. The molecule has 0 amide bonds. The minimum Gasteiger partial charge on any atom is -0.379 e. The highest BCUT2D eigenvalue weighted by molar-refractivity contribution is 14.0. The minimum atomic E-state index is 0. The van der Waals surface area contributed by atoms with Gasteiger partial charge in [0.2, 0.25) is 0 Å². The summed E-state index contributed by atoms with van der Waals surface area (Å²) in [7, 11) is 1.82. The molecule has 1 heterocycles. The summed E-state index contributed by atoms with van der Waals surface area (Å²) < 4.78 is 6.48. The molecule has 8 heteroatoms. The van der Waals surface area contributed by atoms with E-state index in [-0.39, 0.29) is 24.0 Å². The highest BCUT2D eigenvalue weighted by Crippen LogP contribution is 2.24. The number of halogens is 2. The van der Waals surface area contributed by atoms with Crippen molar-refractivity contribution in [2.45, 2.75) is 17.1 Å². The van der Waals surface area contributed by atoms with Crippen molar-refractivity contribution in [1.82, 2.24) is 15.5 Å². The fourth-order valence-electron chi connectivity index (χ4n) is 2.41. The molecular weight excluding hydrogens is 515 g/mol. The summed E-state index contributed by atoms with van der Waals surface area (Å²) in [5, 5.41) is 7.25. The maximum Gasteiger partial charge on any atom is 0.191 e. The van der Waals surface area contributed by atoms with Crippen LogP contribution in [0.15, 0.2) is 38.6 Å². The molecule has 0 bridgehead atoms. The number of thioether (sulfide) groups is 1. The number of ether oxygens (including phenoxy) is 1. The van der Waals surface area contributed by atoms with Crippen molar-refractivity contribution in [1.29, 1.82) is 0 Å². The van der Waals surface area contributed by atoms with Gasteiger partial charge >= 0.3 is 0 Å². The second-order valence-corrected chi connectivity index (χ2v) is 8.14. The third kappa shape index (κ3) is 9.46. The van der Waals surface area contributed by atoms with Gasteiger partial charge in [0.1, 0.15) is 0 Å². The number of guanidine groups is 1. The Kier molecular flexibility index (Phi) is 12.1. The van der Waals surface area contributed by atoms with E-state index in [0.717, 1.165) is 56.4 Å². The van der Waals surface area contributed by atoms with Gasteiger partial charge in [-0.25, -0.2) is 0 Å². The predicted octanol–water partition coefficient (Wildman–Crippen LogP) is 3.04. The molecule has 0 aliphatic carbocycles. The van der Waals surface area contributed by atoms with Gasteiger partial charge in [-0.3, -0.25) is 9.89 Å². The van der Waals surface area contributed by atoms with Crippen molar-refractivity contribution >= 4 is 57.6 Å². The van der Waals surface area contributed by atoms with Crippen LogP contribution in [0.4, 0.5) is 0 Å². The fourth-order valence-corrected chi connectivity index (χ4v) is 3.59. The Labute approximate surface area is 180 Å². The summed E-state index contributed by atoms with van der Waals surface area (Å²) in [5.74, 6) is 0.867. The lowest BCUT2D eigenvalue weighted by Gasteiger charge is -2.26. The van der Waals surface area contributed by atoms with Crippen molar-refractivity contribution in [3.05, 3.63) is 28.7 Å². The van der Waals surface area contributed by atoms with Gasteiger partial charge in [-0.2, -0.15) is 0 Å². The molecule has 1 saturated heterocycles. The zero-order chi connectivity index (χ0) is 17.2. The average molecular weight is 543 g/mol. The first-order valence-electron chi connectivity index (χ1n) is 8.34. The van der Waals surface area contributed by atoms with Gasteiger partial charge in [-0.15, -0.1) is 35.7 Å².